The number of nitrogens with zero attached hydrogens (tertiary/aromatic N) is 10. The van der Waals surface area contributed by atoms with Gasteiger partial charge in [-0.1, -0.05) is 370 Å². The van der Waals surface area contributed by atoms with Crippen LogP contribution in [0.5, 0.6) is 11.5 Å². The fraction of sp³-hybridized carbons (Fsp3) is 0.0172. The van der Waals surface area contributed by atoms with Crippen molar-refractivity contribution in [1.82, 2.24) is 48.2 Å². The Hall–Kier alpha value is -16.7. The molecule has 0 saturated heterocycles. The molecule has 4 aliphatic rings. The molecule has 0 aliphatic carbocycles. The fourth-order valence-electron chi connectivity index (χ4n) is 21.6. The molecule has 28 rings (SSSR count). The van der Waals surface area contributed by atoms with E-state index >= 15 is 0 Å². The number of aromatic nitrogens is 10. The third-order valence-electron chi connectivity index (χ3n) is 26.9. The molecular weight excluding hydrogens is 1580 g/mol. The number of benzene rings is 18. The van der Waals surface area contributed by atoms with Crippen LogP contribution in [0.2, 0.25) is 0 Å². The largest absolute Gasteiger partial charge is 0.457 e. The Morgan fingerprint density at radius 2 is 0.570 bits per heavy atom. The predicted octanol–water partition coefficient (Wildman–Crippen LogP) is 28.1. The van der Waals surface area contributed by atoms with Crippen molar-refractivity contribution in [1.29, 1.82) is 0 Å². The highest BCUT2D eigenvalue weighted by molar-refractivity contribution is 7.99. The van der Waals surface area contributed by atoms with E-state index in [-0.39, 0.29) is 0 Å². The molecule has 6 aromatic heterocycles. The van der Waals surface area contributed by atoms with E-state index in [1.165, 1.54) is 109 Å². The third-order valence-corrected chi connectivity index (χ3v) is 28.1. The molecule has 11 nitrogen and oxygen atoms in total. The first-order valence-corrected chi connectivity index (χ1v) is 44.2. The Morgan fingerprint density at radius 3 is 1.09 bits per heavy atom. The zero-order chi connectivity index (χ0) is 83.9. The summed E-state index contributed by atoms with van der Waals surface area (Å²) in [6.07, 6.45) is 0. The zero-order valence-corrected chi connectivity index (χ0v) is 69.5. The highest BCUT2D eigenvalue weighted by Crippen LogP contribution is 2.64. The summed E-state index contributed by atoms with van der Waals surface area (Å²) in [4.78, 5) is 34.0. The normalized spacial score (nSPS) is 14.8. The van der Waals surface area contributed by atoms with Gasteiger partial charge in [0, 0.05) is 92.3 Å². The topological polar surface area (TPSA) is 106 Å². The van der Waals surface area contributed by atoms with Crippen molar-refractivity contribution >= 4 is 99.0 Å². The van der Waals surface area contributed by atoms with Crippen LogP contribution >= 0.6 is 11.8 Å². The lowest BCUT2D eigenvalue weighted by atomic mass is 9.61. The second kappa shape index (κ2) is 27.9. The van der Waals surface area contributed by atoms with E-state index in [1.54, 1.807) is 0 Å². The van der Waals surface area contributed by atoms with Gasteiger partial charge in [-0.2, -0.15) is 19.9 Å². The summed E-state index contributed by atoms with van der Waals surface area (Å²) in [5, 5.41) is 9.54. The molecule has 128 heavy (non-hydrogen) atoms. The van der Waals surface area contributed by atoms with E-state index < -0.39 is 10.8 Å². The minimum atomic E-state index is -0.700. The maximum absolute atomic E-state index is 7.12. The van der Waals surface area contributed by atoms with Crippen LogP contribution in [0.15, 0.2) is 434 Å². The first kappa shape index (κ1) is 71.9. The van der Waals surface area contributed by atoms with Gasteiger partial charge in [-0.05, 0) is 116 Å². The van der Waals surface area contributed by atoms with E-state index in [4.69, 9.17) is 34.6 Å². The van der Waals surface area contributed by atoms with Gasteiger partial charge in [0.05, 0.1) is 66.3 Å². The van der Waals surface area contributed by atoms with Gasteiger partial charge in [0.15, 0.2) is 23.3 Å². The molecule has 10 heterocycles. The first-order valence-electron chi connectivity index (χ1n) is 43.4. The summed E-state index contributed by atoms with van der Waals surface area (Å²) < 4.78 is 16.5. The van der Waals surface area contributed by atoms with E-state index in [1.807, 2.05) is 60.3 Å². The van der Waals surface area contributed by atoms with Crippen molar-refractivity contribution in [2.75, 3.05) is 0 Å². The minimum Gasteiger partial charge on any atom is -0.457 e. The average molecular weight is 1650 g/mol. The molecule has 0 bridgehead atoms. The highest BCUT2D eigenvalue weighted by atomic mass is 32.2. The Kier molecular flexibility index (Phi) is 15.7. The molecule has 18 aromatic carbocycles. The molecule has 0 amide bonds. The van der Waals surface area contributed by atoms with Gasteiger partial charge < -0.3 is 13.9 Å². The van der Waals surface area contributed by atoms with Crippen LogP contribution in [0.3, 0.4) is 0 Å². The fourth-order valence-corrected chi connectivity index (χ4v) is 22.9. The number of para-hydroxylation sites is 9. The number of ether oxygens (including phenoxy) is 1. The van der Waals surface area contributed by atoms with Crippen molar-refractivity contribution in [3.63, 3.8) is 0 Å². The quantitative estimate of drug-likeness (QED) is 0.148. The van der Waals surface area contributed by atoms with Gasteiger partial charge in [0.25, 0.3) is 0 Å². The number of hydrogen-bond donors (Lipinski definition) is 0. The van der Waals surface area contributed by atoms with Crippen LogP contribution in [-0.2, 0) is 10.8 Å². The van der Waals surface area contributed by atoms with Gasteiger partial charge >= 0.3 is 0 Å². The highest BCUT2D eigenvalue weighted by Gasteiger charge is 2.53. The van der Waals surface area contributed by atoms with E-state index in [9.17, 15) is 0 Å². The summed E-state index contributed by atoms with van der Waals surface area (Å²) in [6, 6.07) is 152. The van der Waals surface area contributed by atoms with Crippen molar-refractivity contribution in [2.45, 2.75) is 20.6 Å². The van der Waals surface area contributed by atoms with Crippen LogP contribution in [-0.4, -0.2) is 48.2 Å². The predicted molar refractivity (Wildman–Crippen MR) is 518 cm³/mol. The number of fused-ring (bicyclic) bond motifs is 29. The lowest BCUT2D eigenvalue weighted by molar-refractivity contribution is 0.434. The second-order valence-corrected chi connectivity index (χ2v) is 34.5. The third kappa shape index (κ3) is 10.3. The van der Waals surface area contributed by atoms with Gasteiger partial charge in [0.1, 0.15) is 11.5 Å². The lowest BCUT2D eigenvalue weighted by Crippen LogP contribution is -2.37. The molecule has 2 unspecified atom stereocenters. The van der Waals surface area contributed by atoms with Gasteiger partial charge in [-0.3, -0.25) is 9.13 Å². The van der Waals surface area contributed by atoms with Crippen LogP contribution in [0.1, 0.15) is 44.5 Å². The summed E-state index contributed by atoms with van der Waals surface area (Å²) in [5.41, 5.74) is 28.1. The Balaban J connectivity index is 0.000000132. The lowest BCUT2D eigenvalue weighted by Gasteiger charge is -2.45. The maximum atomic E-state index is 7.12. The molecule has 24 aromatic rings. The average Bonchev–Trinajstić information content (AvgIpc) is 1.40. The van der Waals surface area contributed by atoms with Crippen molar-refractivity contribution in [2.24, 2.45) is 0 Å². The molecule has 0 saturated carbocycles. The smallest absolute Gasteiger partial charge is 0.238 e. The van der Waals surface area contributed by atoms with Crippen molar-refractivity contribution in [3.05, 3.63) is 469 Å². The number of hydrogen-bond acceptors (Lipinski definition) is 8. The monoisotopic (exact) mass is 1650 g/mol. The van der Waals surface area contributed by atoms with Crippen molar-refractivity contribution < 1.29 is 4.74 Å². The van der Waals surface area contributed by atoms with Crippen LogP contribution < -0.4 is 4.74 Å². The van der Waals surface area contributed by atoms with Crippen molar-refractivity contribution in [3.8, 4) is 103 Å². The Bertz CT molecular complexity index is 8410. The van der Waals surface area contributed by atoms with Gasteiger partial charge in [0.2, 0.25) is 11.9 Å². The molecule has 2 atom stereocenters. The van der Waals surface area contributed by atoms with E-state index in [0.717, 1.165) is 99.8 Å². The van der Waals surface area contributed by atoms with Crippen LogP contribution in [0, 0.1) is 0 Å². The summed E-state index contributed by atoms with van der Waals surface area (Å²) >= 11 is 1.88. The van der Waals surface area contributed by atoms with Gasteiger partial charge in [-0.25, -0.2) is 9.97 Å². The van der Waals surface area contributed by atoms with E-state index in [2.05, 4.69) is 394 Å². The second-order valence-electron chi connectivity index (χ2n) is 33.4. The molecule has 0 N–H and O–H groups in total. The van der Waals surface area contributed by atoms with Gasteiger partial charge in [-0.15, -0.1) is 0 Å². The van der Waals surface area contributed by atoms with Crippen LogP contribution in [0.25, 0.3) is 178 Å². The number of rotatable bonds is 8. The molecule has 12 heteroatoms. The molecule has 0 radical (unpaired) electrons. The van der Waals surface area contributed by atoms with E-state index in [0.29, 0.717) is 35.2 Å². The molecule has 4 aliphatic heterocycles. The Labute approximate surface area is 739 Å². The molecular formula is C116H70N10OS. The standard InChI is InChI=1S/C58H35N5O.C58H35N5S/c1-3-16-36(17-4-1)37-30-32-39(33-31-37)56-59-55(38-18-5-2-6-19-38)60-57(61-56)63-49-27-12-8-21-41(49)43-34-47-53(35-51(43)63)64-52-29-14-10-24-45(52)58(47)44-23-9-13-28-50(44)62-48-26-11-7-20-40(48)42-22-15-25-46(58)54(42)62;1-3-16-36(17-4-1)37-30-32-39(33-31-37)56-59-55(38-18-5-2-6-19-38)60-57(61-56)63-48-27-12-8-21-42(48)52-50(63)35-34-46-54(52)64-51-29-14-10-24-44(51)58(46)43-23-9-13-28-49(43)62-47-26-11-7-20-40(47)41-22-15-25-45(58)53(41)62/h2*1-35H. The summed E-state index contributed by atoms with van der Waals surface area (Å²) in [6.45, 7) is 0. The molecule has 596 valence electrons. The summed E-state index contributed by atoms with van der Waals surface area (Å²) in [5.74, 6) is 5.18. The first-order chi connectivity index (χ1) is 63.5. The minimum absolute atomic E-state index is 0.533. The van der Waals surface area contributed by atoms with Crippen LogP contribution in [0.4, 0.5) is 0 Å². The molecule has 2 spiro atoms. The summed E-state index contributed by atoms with van der Waals surface area (Å²) in [7, 11) is 0. The Morgan fingerprint density at radius 1 is 0.211 bits per heavy atom. The maximum Gasteiger partial charge on any atom is 0.238 e. The molecule has 0 fully saturated rings. The SMILES string of the molecule is c1ccc(-c2ccc(-c3nc(-c4ccccc4)nc(-n4c5ccccc5c5c6c(ccc54)C4(c5ccccc5S6)c5ccccc5-n5c6ccccc6c6cccc4c65)n3)cc2)cc1.c1ccc(-c2ccc(-c3nc(-c4ccccc4)nc(-n4c5ccccc5c5cc6c(cc54)Oc4ccccc4C64c5ccccc5-n5c6ccccc6c6cccc4c65)n3)cc2)cc1. The zero-order valence-electron chi connectivity index (χ0n) is 68.7.